The van der Waals surface area contributed by atoms with Crippen LogP contribution in [0, 0.1) is 5.41 Å². The van der Waals surface area contributed by atoms with E-state index in [2.05, 4.69) is 51.9 Å². The summed E-state index contributed by atoms with van der Waals surface area (Å²) in [5.74, 6) is 5.91. The molecule has 1 aliphatic rings. The first-order valence-corrected chi connectivity index (χ1v) is 7.98. The van der Waals surface area contributed by atoms with Gasteiger partial charge in [0.25, 0.3) is 0 Å². The van der Waals surface area contributed by atoms with Crippen molar-refractivity contribution in [2.75, 3.05) is 0 Å². The molecular formula is C14H25BrN4. The molecule has 0 bridgehead atoms. The summed E-state index contributed by atoms with van der Waals surface area (Å²) in [7, 11) is 0. The zero-order valence-corrected chi connectivity index (χ0v) is 13.7. The predicted molar refractivity (Wildman–Crippen MR) is 81.6 cm³/mol. The van der Waals surface area contributed by atoms with Crippen molar-refractivity contribution in [1.82, 2.24) is 15.2 Å². The Kier molecular flexibility index (Phi) is 4.69. The molecule has 3 N–H and O–H groups in total. The normalized spacial score (nSPS) is 20.7. The van der Waals surface area contributed by atoms with Crippen molar-refractivity contribution in [3.63, 3.8) is 0 Å². The zero-order chi connectivity index (χ0) is 14.0. The van der Waals surface area contributed by atoms with Gasteiger partial charge in [-0.3, -0.25) is 16.0 Å². The van der Waals surface area contributed by atoms with Crippen LogP contribution in [0.25, 0.3) is 0 Å². The lowest BCUT2D eigenvalue weighted by Crippen LogP contribution is -2.42. The van der Waals surface area contributed by atoms with Crippen LogP contribution in [0.2, 0.25) is 0 Å². The molecule has 1 fully saturated rings. The van der Waals surface area contributed by atoms with E-state index in [1.54, 1.807) is 0 Å². The van der Waals surface area contributed by atoms with Crippen LogP contribution in [0.1, 0.15) is 70.7 Å². The van der Waals surface area contributed by atoms with Crippen LogP contribution in [0.15, 0.2) is 10.7 Å². The first-order valence-electron chi connectivity index (χ1n) is 7.18. The molecule has 0 radical (unpaired) electrons. The Balaban J connectivity index is 2.38. The Hall–Kier alpha value is -0.390. The summed E-state index contributed by atoms with van der Waals surface area (Å²) < 4.78 is 3.13. The summed E-state index contributed by atoms with van der Waals surface area (Å²) in [6, 6.07) is 0.483. The molecule has 19 heavy (non-hydrogen) atoms. The number of halogens is 1. The van der Waals surface area contributed by atoms with Gasteiger partial charge in [-0.1, -0.05) is 26.2 Å². The van der Waals surface area contributed by atoms with Gasteiger partial charge in [0.15, 0.2) is 0 Å². The van der Waals surface area contributed by atoms with Crippen molar-refractivity contribution in [2.45, 2.75) is 65.0 Å². The minimum Gasteiger partial charge on any atom is -0.271 e. The standard InChI is InChI=1S/C14H25BrN4/c1-10(2)19-12(11(15)9-17-19)13(18-16)14(3)7-5-4-6-8-14/h9-10,13,18H,4-8,16H2,1-3H3. The molecule has 1 aromatic heterocycles. The molecular weight excluding hydrogens is 304 g/mol. The first kappa shape index (κ1) is 15.0. The molecule has 0 amide bonds. The molecule has 1 aliphatic carbocycles. The van der Waals surface area contributed by atoms with Gasteiger partial charge >= 0.3 is 0 Å². The van der Waals surface area contributed by atoms with Gasteiger partial charge in [-0.15, -0.1) is 0 Å². The summed E-state index contributed by atoms with van der Waals surface area (Å²) in [4.78, 5) is 0. The third kappa shape index (κ3) is 2.88. The summed E-state index contributed by atoms with van der Waals surface area (Å²) in [6.45, 7) is 6.65. The average Bonchev–Trinajstić information content (AvgIpc) is 2.73. The van der Waals surface area contributed by atoms with Crippen molar-refractivity contribution in [2.24, 2.45) is 11.3 Å². The van der Waals surface area contributed by atoms with Crippen molar-refractivity contribution in [1.29, 1.82) is 0 Å². The lowest BCUT2D eigenvalue weighted by Gasteiger charge is -2.41. The Morgan fingerprint density at radius 2 is 2.00 bits per heavy atom. The van der Waals surface area contributed by atoms with E-state index in [-0.39, 0.29) is 11.5 Å². The molecule has 4 nitrogen and oxygen atoms in total. The van der Waals surface area contributed by atoms with E-state index in [0.717, 1.165) is 4.47 Å². The Labute approximate surface area is 124 Å². The van der Waals surface area contributed by atoms with Gasteiger partial charge in [-0.25, -0.2) is 0 Å². The van der Waals surface area contributed by atoms with Gasteiger partial charge in [0.1, 0.15) is 0 Å². The highest BCUT2D eigenvalue weighted by molar-refractivity contribution is 9.10. The van der Waals surface area contributed by atoms with Crippen LogP contribution in [-0.2, 0) is 0 Å². The van der Waals surface area contributed by atoms with E-state index in [0.29, 0.717) is 6.04 Å². The number of hydrogen-bond donors (Lipinski definition) is 2. The summed E-state index contributed by atoms with van der Waals surface area (Å²) in [6.07, 6.45) is 8.25. The number of hydrogen-bond acceptors (Lipinski definition) is 3. The lowest BCUT2D eigenvalue weighted by atomic mass is 9.69. The number of nitrogens with two attached hydrogens (primary N) is 1. The Morgan fingerprint density at radius 1 is 1.37 bits per heavy atom. The van der Waals surface area contributed by atoms with Crippen molar-refractivity contribution in [3.8, 4) is 0 Å². The van der Waals surface area contributed by atoms with Gasteiger partial charge in [-0.2, -0.15) is 5.10 Å². The predicted octanol–water partition coefficient (Wildman–Crippen LogP) is 3.70. The van der Waals surface area contributed by atoms with E-state index in [4.69, 9.17) is 5.84 Å². The minimum absolute atomic E-state index is 0.145. The quantitative estimate of drug-likeness (QED) is 0.654. The maximum absolute atomic E-state index is 5.91. The average molecular weight is 329 g/mol. The van der Waals surface area contributed by atoms with Gasteiger partial charge in [0.05, 0.1) is 22.4 Å². The monoisotopic (exact) mass is 328 g/mol. The molecule has 1 atom stereocenters. The van der Waals surface area contributed by atoms with E-state index in [1.807, 2.05) is 6.20 Å². The maximum atomic E-state index is 5.91. The van der Waals surface area contributed by atoms with Crippen molar-refractivity contribution in [3.05, 3.63) is 16.4 Å². The second-order valence-electron chi connectivity index (χ2n) is 6.23. The van der Waals surface area contributed by atoms with Gasteiger partial charge < -0.3 is 0 Å². The first-order chi connectivity index (χ1) is 8.99. The summed E-state index contributed by atoms with van der Waals surface area (Å²) >= 11 is 3.64. The fourth-order valence-corrected chi connectivity index (χ4v) is 3.79. The van der Waals surface area contributed by atoms with E-state index in [9.17, 15) is 0 Å². The van der Waals surface area contributed by atoms with Crippen LogP contribution in [-0.4, -0.2) is 9.78 Å². The lowest BCUT2D eigenvalue weighted by molar-refractivity contribution is 0.137. The smallest absolute Gasteiger partial charge is 0.0717 e. The highest BCUT2D eigenvalue weighted by Gasteiger charge is 2.38. The molecule has 1 heterocycles. The Morgan fingerprint density at radius 3 is 2.53 bits per heavy atom. The van der Waals surface area contributed by atoms with Gasteiger partial charge in [-0.05, 0) is 48.0 Å². The summed E-state index contributed by atoms with van der Waals surface area (Å²) in [5.41, 5.74) is 4.45. The number of rotatable bonds is 4. The number of nitrogens with zero attached hydrogens (tertiary/aromatic N) is 2. The van der Waals surface area contributed by atoms with E-state index < -0.39 is 0 Å². The number of aromatic nitrogens is 2. The molecule has 0 aliphatic heterocycles. The molecule has 0 aromatic carbocycles. The second kappa shape index (κ2) is 5.94. The second-order valence-corrected chi connectivity index (χ2v) is 7.08. The fraction of sp³-hybridized carbons (Fsp3) is 0.786. The molecule has 1 aromatic rings. The number of hydrazine groups is 1. The highest BCUT2D eigenvalue weighted by Crippen LogP contribution is 2.47. The molecule has 2 rings (SSSR count). The van der Waals surface area contributed by atoms with Gasteiger partial charge in [0, 0.05) is 6.04 Å². The van der Waals surface area contributed by atoms with E-state index in [1.165, 1.54) is 37.8 Å². The zero-order valence-electron chi connectivity index (χ0n) is 12.1. The third-order valence-corrected chi connectivity index (χ3v) is 5.02. The van der Waals surface area contributed by atoms with Crippen LogP contribution < -0.4 is 11.3 Å². The molecule has 5 heteroatoms. The van der Waals surface area contributed by atoms with Crippen molar-refractivity contribution >= 4 is 15.9 Å². The molecule has 1 unspecified atom stereocenters. The Bertz CT molecular complexity index is 421. The van der Waals surface area contributed by atoms with Crippen LogP contribution in [0.4, 0.5) is 0 Å². The fourth-order valence-electron chi connectivity index (χ4n) is 3.29. The number of nitrogens with one attached hydrogen (secondary N) is 1. The van der Waals surface area contributed by atoms with Gasteiger partial charge in [0.2, 0.25) is 0 Å². The van der Waals surface area contributed by atoms with Crippen molar-refractivity contribution < 1.29 is 0 Å². The van der Waals surface area contributed by atoms with Crippen LogP contribution in [0.5, 0.6) is 0 Å². The third-order valence-electron chi connectivity index (χ3n) is 4.41. The largest absolute Gasteiger partial charge is 0.271 e. The molecule has 0 saturated heterocycles. The molecule has 0 spiro atoms. The molecule has 108 valence electrons. The molecule has 1 saturated carbocycles. The van der Waals surface area contributed by atoms with Crippen LogP contribution in [0.3, 0.4) is 0 Å². The SMILES string of the molecule is CC(C)n1ncc(Br)c1C(NN)C1(C)CCCCC1. The van der Waals surface area contributed by atoms with Crippen LogP contribution >= 0.6 is 15.9 Å². The topological polar surface area (TPSA) is 55.9 Å². The van der Waals surface area contributed by atoms with E-state index >= 15 is 0 Å². The minimum atomic E-state index is 0.145. The summed E-state index contributed by atoms with van der Waals surface area (Å²) in [5, 5.41) is 4.48. The highest BCUT2D eigenvalue weighted by atomic mass is 79.9. The maximum Gasteiger partial charge on any atom is 0.0717 e.